The summed E-state index contributed by atoms with van der Waals surface area (Å²) in [5.41, 5.74) is 0. The van der Waals surface area contributed by atoms with Crippen molar-refractivity contribution in [3.05, 3.63) is 17.9 Å². The highest BCUT2D eigenvalue weighted by Gasteiger charge is 2.42. The van der Waals surface area contributed by atoms with Gasteiger partial charge in [-0.1, -0.05) is 6.42 Å². The minimum atomic E-state index is -3.51. The summed E-state index contributed by atoms with van der Waals surface area (Å²) in [7, 11) is -3.51. The topological polar surface area (TPSA) is 84.6 Å². The van der Waals surface area contributed by atoms with Gasteiger partial charge in [0.25, 0.3) is 0 Å². The summed E-state index contributed by atoms with van der Waals surface area (Å²) in [5, 5.41) is 8.53. The van der Waals surface area contributed by atoms with E-state index in [1.807, 2.05) is 0 Å². The van der Waals surface area contributed by atoms with E-state index in [-0.39, 0.29) is 22.5 Å². The minimum Gasteiger partial charge on any atom is -0.475 e. The molecule has 0 aromatic carbocycles. The average molecular weight is 284 g/mol. The lowest BCUT2D eigenvalue weighted by Crippen LogP contribution is -2.21. The van der Waals surface area contributed by atoms with Gasteiger partial charge >= 0.3 is 5.97 Å². The summed E-state index contributed by atoms with van der Waals surface area (Å²) >= 11 is 0. The molecule has 2 aliphatic carbocycles. The summed E-state index contributed by atoms with van der Waals surface area (Å²) in [6.07, 6.45) is 4.49. The van der Waals surface area contributed by atoms with Crippen molar-refractivity contribution in [3.63, 3.8) is 0 Å². The highest BCUT2D eigenvalue weighted by Crippen LogP contribution is 2.49. The Labute approximate surface area is 111 Å². The molecule has 0 amide bonds. The molecule has 2 saturated carbocycles. The van der Waals surface area contributed by atoms with Crippen molar-refractivity contribution in [1.82, 2.24) is 0 Å². The van der Waals surface area contributed by atoms with E-state index >= 15 is 0 Å². The van der Waals surface area contributed by atoms with E-state index in [0.29, 0.717) is 11.8 Å². The number of aromatic carboxylic acids is 1. The third-order valence-corrected chi connectivity index (χ3v) is 6.12. The number of sulfone groups is 1. The summed E-state index contributed by atoms with van der Waals surface area (Å²) in [6, 6.07) is 2.43. The molecule has 0 saturated heterocycles. The van der Waals surface area contributed by atoms with Gasteiger partial charge in [-0.25, -0.2) is 13.2 Å². The first-order valence-corrected chi connectivity index (χ1v) is 8.17. The number of rotatable bonds is 4. The molecule has 3 rings (SSSR count). The first-order valence-electron chi connectivity index (χ1n) is 6.51. The number of carboxylic acids is 1. The average Bonchev–Trinajstić information content (AvgIpc) is 3.04. The molecule has 1 aromatic heterocycles. The third kappa shape index (κ3) is 2.29. The second kappa shape index (κ2) is 4.37. The Morgan fingerprint density at radius 1 is 1.32 bits per heavy atom. The second-order valence-corrected chi connectivity index (χ2v) is 7.61. The Morgan fingerprint density at radius 3 is 2.63 bits per heavy atom. The van der Waals surface area contributed by atoms with Crippen molar-refractivity contribution >= 4 is 15.8 Å². The number of hydrogen-bond donors (Lipinski definition) is 1. The van der Waals surface area contributed by atoms with E-state index in [2.05, 4.69) is 0 Å². The summed E-state index contributed by atoms with van der Waals surface area (Å²) < 4.78 is 29.3. The largest absolute Gasteiger partial charge is 0.475 e. The fourth-order valence-corrected chi connectivity index (χ4v) is 5.18. The van der Waals surface area contributed by atoms with Gasteiger partial charge in [0.2, 0.25) is 20.7 Å². The van der Waals surface area contributed by atoms with Gasteiger partial charge in [0.05, 0.1) is 5.75 Å². The standard InChI is InChI=1S/C13H16O5S/c14-13(15)11-3-4-12(18-11)19(16,17)7-10-6-8-1-2-9(10)5-8/h3-4,8-10H,1-2,5-7H2,(H,14,15). The van der Waals surface area contributed by atoms with Crippen LogP contribution in [0.4, 0.5) is 0 Å². The van der Waals surface area contributed by atoms with Crippen LogP contribution in [0, 0.1) is 17.8 Å². The van der Waals surface area contributed by atoms with Crippen LogP contribution in [0.2, 0.25) is 0 Å². The maximum atomic E-state index is 12.2. The van der Waals surface area contributed by atoms with Gasteiger partial charge in [-0.3, -0.25) is 0 Å². The van der Waals surface area contributed by atoms with Crippen molar-refractivity contribution in [2.24, 2.45) is 17.8 Å². The highest BCUT2D eigenvalue weighted by atomic mass is 32.2. The van der Waals surface area contributed by atoms with E-state index in [4.69, 9.17) is 9.52 Å². The fourth-order valence-electron chi connectivity index (χ4n) is 3.55. The van der Waals surface area contributed by atoms with Crippen LogP contribution in [-0.2, 0) is 9.84 Å². The van der Waals surface area contributed by atoms with E-state index in [1.165, 1.54) is 18.6 Å². The Hall–Kier alpha value is -1.30. The smallest absolute Gasteiger partial charge is 0.371 e. The third-order valence-electron chi connectivity index (χ3n) is 4.42. The van der Waals surface area contributed by atoms with Crippen LogP contribution >= 0.6 is 0 Å². The van der Waals surface area contributed by atoms with Crippen LogP contribution < -0.4 is 0 Å². The van der Waals surface area contributed by atoms with Crippen LogP contribution in [0.15, 0.2) is 21.6 Å². The molecule has 3 atom stereocenters. The van der Waals surface area contributed by atoms with Gasteiger partial charge in [0.15, 0.2) is 0 Å². The number of carbonyl (C=O) groups is 1. The number of fused-ring (bicyclic) bond motifs is 2. The summed E-state index contributed by atoms with van der Waals surface area (Å²) in [5.74, 6) is -0.0686. The molecule has 1 aromatic rings. The van der Waals surface area contributed by atoms with Crippen molar-refractivity contribution in [2.75, 3.05) is 5.75 Å². The molecule has 1 heterocycles. The molecule has 2 fully saturated rings. The molecule has 3 unspecified atom stereocenters. The first-order chi connectivity index (χ1) is 8.95. The molecule has 2 aliphatic rings. The molecule has 0 radical (unpaired) electrons. The van der Waals surface area contributed by atoms with Gasteiger partial charge in [-0.2, -0.15) is 0 Å². The molecule has 19 heavy (non-hydrogen) atoms. The lowest BCUT2D eigenvalue weighted by molar-refractivity contribution is 0.0656. The molecule has 104 valence electrons. The Kier molecular flexibility index (Phi) is 2.92. The summed E-state index contributed by atoms with van der Waals surface area (Å²) in [4.78, 5) is 10.7. The molecule has 2 bridgehead atoms. The van der Waals surface area contributed by atoms with Crippen molar-refractivity contribution < 1.29 is 22.7 Å². The van der Waals surface area contributed by atoms with E-state index in [9.17, 15) is 13.2 Å². The Balaban J connectivity index is 1.77. The minimum absolute atomic E-state index is 0.0841. The van der Waals surface area contributed by atoms with Crippen LogP contribution in [0.5, 0.6) is 0 Å². The summed E-state index contributed by atoms with van der Waals surface area (Å²) in [6.45, 7) is 0. The predicted octanol–water partition coefficient (Wildman–Crippen LogP) is 2.19. The first kappa shape index (κ1) is 12.7. The zero-order valence-electron chi connectivity index (χ0n) is 10.4. The van der Waals surface area contributed by atoms with Crippen LogP contribution in [0.1, 0.15) is 36.2 Å². The van der Waals surface area contributed by atoms with E-state index in [1.54, 1.807) is 0 Å². The van der Waals surface area contributed by atoms with Gasteiger partial charge in [0.1, 0.15) is 0 Å². The normalized spacial score (nSPS) is 29.8. The van der Waals surface area contributed by atoms with E-state index < -0.39 is 15.8 Å². The molecular weight excluding hydrogens is 268 g/mol. The lowest BCUT2D eigenvalue weighted by atomic mass is 9.90. The van der Waals surface area contributed by atoms with E-state index in [0.717, 1.165) is 19.3 Å². The van der Waals surface area contributed by atoms with Crippen molar-refractivity contribution in [1.29, 1.82) is 0 Å². The number of hydrogen-bond acceptors (Lipinski definition) is 4. The SMILES string of the molecule is O=C(O)c1ccc(S(=O)(=O)CC2CC3CCC2C3)o1. The Bertz CT molecular complexity index is 600. The molecule has 0 spiro atoms. The maximum absolute atomic E-state index is 12.2. The number of carboxylic acid groups (broad SMARTS) is 1. The van der Waals surface area contributed by atoms with Gasteiger partial charge in [-0.05, 0) is 49.1 Å². The van der Waals surface area contributed by atoms with Gasteiger partial charge in [0, 0.05) is 0 Å². The molecule has 1 N–H and O–H groups in total. The maximum Gasteiger partial charge on any atom is 0.371 e. The molecular formula is C13H16O5S. The predicted molar refractivity (Wildman–Crippen MR) is 66.7 cm³/mol. The molecule has 0 aliphatic heterocycles. The zero-order valence-corrected chi connectivity index (χ0v) is 11.2. The molecule has 5 nitrogen and oxygen atoms in total. The quantitative estimate of drug-likeness (QED) is 0.916. The van der Waals surface area contributed by atoms with Gasteiger partial charge < -0.3 is 9.52 Å². The van der Waals surface area contributed by atoms with Crippen LogP contribution in [0.3, 0.4) is 0 Å². The van der Waals surface area contributed by atoms with Gasteiger partial charge in [-0.15, -0.1) is 0 Å². The molecule has 6 heteroatoms. The van der Waals surface area contributed by atoms with Crippen LogP contribution in [-0.4, -0.2) is 25.2 Å². The highest BCUT2D eigenvalue weighted by molar-refractivity contribution is 7.91. The Morgan fingerprint density at radius 2 is 2.11 bits per heavy atom. The fraction of sp³-hybridized carbons (Fsp3) is 0.615. The van der Waals surface area contributed by atoms with Crippen LogP contribution in [0.25, 0.3) is 0 Å². The number of furan rings is 1. The second-order valence-electron chi connectivity index (χ2n) is 5.64. The lowest BCUT2D eigenvalue weighted by Gasteiger charge is -2.20. The monoisotopic (exact) mass is 284 g/mol. The van der Waals surface area contributed by atoms with Crippen molar-refractivity contribution in [2.45, 2.75) is 30.8 Å². The van der Waals surface area contributed by atoms with Crippen molar-refractivity contribution in [3.8, 4) is 0 Å². The zero-order chi connectivity index (χ0) is 13.6.